The minimum absolute atomic E-state index is 0.0334. The highest BCUT2D eigenvalue weighted by molar-refractivity contribution is 6.07. The maximum absolute atomic E-state index is 13.8. The van der Waals surface area contributed by atoms with Gasteiger partial charge in [-0.3, -0.25) is 14.3 Å². The number of nitrogens with one attached hydrogen (secondary N) is 1. The first kappa shape index (κ1) is 22.8. The third kappa shape index (κ3) is 3.86. The number of amides is 1. The first-order valence-corrected chi connectivity index (χ1v) is 12.7. The van der Waals surface area contributed by atoms with Crippen molar-refractivity contribution in [3.63, 3.8) is 0 Å². The van der Waals surface area contributed by atoms with Crippen LogP contribution in [0.4, 0.5) is 5.69 Å². The summed E-state index contributed by atoms with van der Waals surface area (Å²) in [6.45, 7) is 7.66. The van der Waals surface area contributed by atoms with Crippen LogP contribution >= 0.6 is 0 Å². The number of hydrogen-bond donors (Lipinski definition) is 1. The molecule has 8 heteroatoms. The van der Waals surface area contributed by atoms with Crippen molar-refractivity contribution in [1.29, 1.82) is 0 Å². The predicted octanol–water partition coefficient (Wildman–Crippen LogP) is 3.89. The van der Waals surface area contributed by atoms with E-state index >= 15 is 0 Å². The average molecular weight is 486 g/mol. The number of aromatic amines is 1. The zero-order chi connectivity index (χ0) is 24.8. The molecule has 0 radical (unpaired) electrons. The number of para-hydroxylation sites is 1. The van der Waals surface area contributed by atoms with Gasteiger partial charge in [0.2, 0.25) is 0 Å². The second kappa shape index (κ2) is 9.09. The van der Waals surface area contributed by atoms with Crippen molar-refractivity contribution < 1.29 is 9.53 Å². The van der Waals surface area contributed by atoms with Crippen LogP contribution in [0.25, 0.3) is 21.8 Å². The summed E-state index contributed by atoms with van der Waals surface area (Å²) < 4.78 is 7.51. The van der Waals surface area contributed by atoms with Gasteiger partial charge in [0, 0.05) is 55.5 Å². The highest BCUT2D eigenvalue weighted by Gasteiger charge is 2.30. The maximum atomic E-state index is 13.8. The van der Waals surface area contributed by atoms with Gasteiger partial charge in [0.05, 0.1) is 28.7 Å². The largest absolute Gasteiger partial charge is 0.381 e. The summed E-state index contributed by atoms with van der Waals surface area (Å²) in [5.41, 5.74) is 4.10. The summed E-state index contributed by atoms with van der Waals surface area (Å²) >= 11 is 0. The zero-order valence-corrected chi connectivity index (χ0v) is 20.7. The van der Waals surface area contributed by atoms with Crippen LogP contribution in [0.3, 0.4) is 0 Å². The van der Waals surface area contributed by atoms with Gasteiger partial charge >= 0.3 is 0 Å². The number of benzene rings is 2. The van der Waals surface area contributed by atoms with E-state index in [1.807, 2.05) is 46.8 Å². The molecule has 2 fully saturated rings. The monoisotopic (exact) mass is 485 g/mol. The molecule has 186 valence electrons. The van der Waals surface area contributed by atoms with Crippen molar-refractivity contribution in [2.75, 3.05) is 37.7 Å². The van der Waals surface area contributed by atoms with Crippen molar-refractivity contribution in [2.45, 2.75) is 38.8 Å². The molecule has 1 unspecified atom stereocenters. The van der Waals surface area contributed by atoms with Crippen LogP contribution in [0.15, 0.2) is 53.5 Å². The van der Waals surface area contributed by atoms with Gasteiger partial charge in [-0.15, -0.1) is 0 Å². The van der Waals surface area contributed by atoms with Crippen LogP contribution in [0.5, 0.6) is 0 Å². The number of ether oxygens (including phenoxy) is 1. The van der Waals surface area contributed by atoms with Crippen LogP contribution in [0, 0.1) is 6.92 Å². The summed E-state index contributed by atoms with van der Waals surface area (Å²) in [6.07, 6.45) is 3.35. The van der Waals surface area contributed by atoms with Crippen molar-refractivity contribution in [3.8, 4) is 0 Å². The Kier molecular flexibility index (Phi) is 5.76. The molecule has 2 aliphatic heterocycles. The van der Waals surface area contributed by atoms with Crippen LogP contribution in [0.2, 0.25) is 0 Å². The first-order chi connectivity index (χ1) is 17.5. The summed E-state index contributed by atoms with van der Waals surface area (Å²) in [5, 5.41) is 6.02. The zero-order valence-electron chi connectivity index (χ0n) is 20.7. The number of fused-ring (bicyclic) bond motifs is 3. The SMILES string of the molecule is Cc1cc2[nH]c(=O)c3cnn(C4CCOCC4)c3c2cc1C(=O)N1CCN(c2ccccc2)CC1C. The lowest BCUT2D eigenvalue weighted by molar-refractivity contribution is 0.0672. The smallest absolute Gasteiger partial charge is 0.259 e. The topological polar surface area (TPSA) is 83.5 Å². The molecule has 1 amide bonds. The molecule has 4 heterocycles. The Morgan fingerprint density at radius 1 is 1.08 bits per heavy atom. The Hall–Kier alpha value is -3.65. The summed E-state index contributed by atoms with van der Waals surface area (Å²) in [7, 11) is 0. The molecule has 2 aliphatic rings. The number of aromatic nitrogens is 3. The molecule has 0 aliphatic carbocycles. The number of piperazine rings is 1. The number of rotatable bonds is 3. The van der Waals surface area contributed by atoms with E-state index < -0.39 is 0 Å². The highest BCUT2D eigenvalue weighted by atomic mass is 16.5. The van der Waals surface area contributed by atoms with E-state index in [-0.39, 0.29) is 23.6 Å². The Morgan fingerprint density at radius 2 is 1.86 bits per heavy atom. The fourth-order valence-electron chi connectivity index (χ4n) is 5.72. The molecule has 36 heavy (non-hydrogen) atoms. The Labute approximate surface area is 209 Å². The second-order valence-electron chi connectivity index (χ2n) is 9.99. The molecule has 2 aromatic heterocycles. The van der Waals surface area contributed by atoms with Gasteiger partial charge in [-0.1, -0.05) is 18.2 Å². The van der Waals surface area contributed by atoms with Crippen molar-refractivity contribution in [1.82, 2.24) is 19.7 Å². The first-order valence-electron chi connectivity index (χ1n) is 12.7. The molecule has 2 saturated heterocycles. The van der Waals surface area contributed by atoms with E-state index in [1.165, 1.54) is 5.69 Å². The number of aryl methyl sites for hydroxylation is 1. The predicted molar refractivity (Wildman–Crippen MR) is 141 cm³/mol. The summed E-state index contributed by atoms with van der Waals surface area (Å²) in [4.78, 5) is 34.0. The van der Waals surface area contributed by atoms with Gasteiger partial charge in [-0.05, 0) is 56.5 Å². The lowest BCUT2D eigenvalue weighted by atomic mass is 10.0. The van der Waals surface area contributed by atoms with Gasteiger partial charge in [0.1, 0.15) is 0 Å². The normalized spacial score (nSPS) is 19.3. The second-order valence-corrected chi connectivity index (χ2v) is 9.99. The van der Waals surface area contributed by atoms with Crippen LogP contribution in [-0.4, -0.2) is 64.5 Å². The number of anilines is 1. The van der Waals surface area contributed by atoms with Gasteiger partial charge in [0.25, 0.3) is 11.5 Å². The Morgan fingerprint density at radius 3 is 2.61 bits per heavy atom. The number of pyridine rings is 1. The fraction of sp³-hybridized carbons (Fsp3) is 0.393. The van der Waals surface area contributed by atoms with Crippen molar-refractivity contribution >= 4 is 33.4 Å². The van der Waals surface area contributed by atoms with Crippen molar-refractivity contribution in [3.05, 3.63) is 70.1 Å². The number of nitrogens with zero attached hydrogens (tertiary/aromatic N) is 4. The third-order valence-electron chi connectivity index (χ3n) is 7.68. The van der Waals surface area contributed by atoms with E-state index in [2.05, 4.69) is 34.0 Å². The molecule has 1 atom stereocenters. The van der Waals surface area contributed by atoms with Crippen LogP contribution in [0.1, 0.15) is 41.7 Å². The van der Waals surface area contributed by atoms with E-state index in [0.717, 1.165) is 47.9 Å². The third-order valence-corrected chi connectivity index (χ3v) is 7.68. The minimum atomic E-state index is -0.153. The quantitative estimate of drug-likeness (QED) is 0.476. The molecule has 1 N–H and O–H groups in total. The Bertz CT molecular complexity index is 1490. The average Bonchev–Trinajstić information content (AvgIpc) is 3.35. The van der Waals surface area contributed by atoms with E-state index in [9.17, 15) is 9.59 Å². The van der Waals surface area contributed by atoms with E-state index in [4.69, 9.17) is 4.74 Å². The van der Waals surface area contributed by atoms with Gasteiger partial charge in [-0.25, -0.2) is 0 Å². The number of hydrogen-bond acceptors (Lipinski definition) is 5. The highest BCUT2D eigenvalue weighted by Crippen LogP contribution is 2.30. The lowest BCUT2D eigenvalue weighted by Gasteiger charge is -2.41. The van der Waals surface area contributed by atoms with E-state index in [0.29, 0.717) is 30.7 Å². The summed E-state index contributed by atoms with van der Waals surface area (Å²) in [6, 6.07) is 14.5. The molecule has 4 aromatic rings. The molecule has 0 bridgehead atoms. The molecule has 8 nitrogen and oxygen atoms in total. The maximum Gasteiger partial charge on any atom is 0.259 e. The summed E-state index contributed by atoms with van der Waals surface area (Å²) in [5.74, 6) is 0.0334. The number of carbonyl (C=O) groups is 1. The lowest BCUT2D eigenvalue weighted by Crippen LogP contribution is -2.54. The number of H-pyrrole nitrogens is 1. The Balaban J connectivity index is 1.37. The molecular weight excluding hydrogens is 454 g/mol. The molecule has 0 spiro atoms. The van der Waals surface area contributed by atoms with Gasteiger partial charge in [-0.2, -0.15) is 5.10 Å². The molecular formula is C28H31N5O3. The van der Waals surface area contributed by atoms with Gasteiger partial charge < -0.3 is 19.5 Å². The molecule has 2 aromatic carbocycles. The van der Waals surface area contributed by atoms with Crippen molar-refractivity contribution in [2.24, 2.45) is 0 Å². The van der Waals surface area contributed by atoms with E-state index in [1.54, 1.807) is 6.20 Å². The standard InChI is InChI=1S/C28H31N5O3/c1-18-14-25-23(26-24(27(34)30-25)16-29-33(26)21-8-12-36-13-9-21)15-22(18)28(35)32-11-10-31(17-19(32)2)20-6-4-3-5-7-20/h3-7,14-16,19,21H,8-13,17H2,1-2H3,(H,30,34). The number of carbonyl (C=O) groups excluding carboxylic acids is 1. The minimum Gasteiger partial charge on any atom is -0.381 e. The molecule has 6 rings (SSSR count). The fourth-order valence-corrected chi connectivity index (χ4v) is 5.72. The van der Waals surface area contributed by atoms with Crippen LogP contribution < -0.4 is 10.5 Å². The van der Waals surface area contributed by atoms with Gasteiger partial charge in [0.15, 0.2) is 0 Å². The van der Waals surface area contributed by atoms with Crippen LogP contribution in [-0.2, 0) is 4.74 Å². The molecule has 0 saturated carbocycles.